The lowest BCUT2D eigenvalue weighted by molar-refractivity contribution is 0.267. The Morgan fingerprint density at radius 2 is 2.25 bits per heavy atom. The smallest absolute Gasteiger partial charge is 0.138 e. The maximum absolute atomic E-state index is 8.98. The number of aliphatic hydroxyl groups excluding tert-OH is 1. The second-order valence-electron chi connectivity index (χ2n) is 4.23. The molecule has 0 spiro atoms. The normalized spacial score (nSPS) is 17.2. The first-order valence-corrected chi connectivity index (χ1v) is 5.87. The Hall–Kier alpha value is -0.770. The molecule has 0 bridgehead atoms. The van der Waals surface area contributed by atoms with E-state index < -0.39 is 0 Å². The Bertz CT molecular complexity index is 366. The van der Waals surface area contributed by atoms with Gasteiger partial charge in [-0.3, -0.25) is 0 Å². The van der Waals surface area contributed by atoms with E-state index in [-0.39, 0.29) is 12.6 Å². The molecule has 3 N–H and O–H groups in total. The number of nitrogens with two attached hydrogens (primary N) is 1. The van der Waals surface area contributed by atoms with Crippen LogP contribution in [0.4, 0.5) is 0 Å². The second-order valence-corrected chi connectivity index (χ2v) is 4.64. The minimum Gasteiger partial charge on any atom is -0.492 e. The molecule has 0 aliphatic heterocycles. The van der Waals surface area contributed by atoms with E-state index in [1.54, 1.807) is 6.07 Å². The molecular formula is C12H16ClNO2. The lowest BCUT2D eigenvalue weighted by Gasteiger charge is -2.12. The summed E-state index contributed by atoms with van der Waals surface area (Å²) >= 11 is 6.02. The highest BCUT2D eigenvalue weighted by atomic mass is 35.5. The molecule has 1 atom stereocenters. The van der Waals surface area contributed by atoms with Gasteiger partial charge in [-0.25, -0.2) is 0 Å². The largest absolute Gasteiger partial charge is 0.492 e. The van der Waals surface area contributed by atoms with Crippen LogP contribution in [0.2, 0.25) is 5.02 Å². The van der Waals surface area contributed by atoms with Crippen LogP contribution in [0, 0.1) is 5.92 Å². The van der Waals surface area contributed by atoms with Crippen molar-refractivity contribution in [3.63, 3.8) is 0 Å². The van der Waals surface area contributed by atoms with Gasteiger partial charge in [-0.15, -0.1) is 0 Å². The minimum absolute atomic E-state index is 0.0797. The van der Waals surface area contributed by atoms with E-state index in [1.807, 2.05) is 12.1 Å². The fraction of sp³-hybridized carbons (Fsp3) is 0.500. The van der Waals surface area contributed by atoms with Gasteiger partial charge in [0.25, 0.3) is 0 Å². The number of benzene rings is 1. The average molecular weight is 242 g/mol. The van der Waals surface area contributed by atoms with E-state index in [1.165, 1.54) is 12.8 Å². The third-order valence-electron chi connectivity index (χ3n) is 2.75. The van der Waals surface area contributed by atoms with Gasteiger partial charge in [-0.05, 0) is 36.5 Å². The van der Waals surface area contributed by atoms with Gasteiger partial charge >= 0.3 is 0 Å². The van der Waals surface area contributed by atoms with E-state index in [9.17, 15) is 0 Å². The number of aliphatic hydroxyl groups is 1. The zero-order valence-electron chi connectivity index (χ0n) is 9.03. The lowest BCUT2D eigenvalue weighted by Crippen LogP contribution is -2.14. The third-order valence-corrected chi connectivity index (χ3v) is 3.06. The molecule has 0 radical (unpaired) electrons. The Morgan fingerprint density at radius 3 is 2.88 bits per heavy atom. The van der Waals surface area contributed by atoms with E-state index in [2.05, 4.69) is 0 Å². The van der Waals surface area contributed by atoms with Gasteiger partial charge in [-0.1, -0.05) is 17.7 Å². The predicted octanol–water partition coefficient (Wildman–Crippen LogP) is 2.12. The highest BCUT2D eigenvalue weighted by molar-refractivity contribution is 6.32. The monoisotopic (exact) mass is 241 g/mol. The molecule has 0 aromatic heterocycles. The number of hydrogen-bond acceptors (Lipinski definition) is 3. The van der Waals surface area contributed by atoms with Gasteiger partial charge in [0.1, 0.15) is 5.75 Å². The molecule has 0 heterocycles. The summed E-state index contributed by atoms with van der Waals surface area (Å²) in [4.78, 5) is 0. The maximum atomic E-state index is 8.98. The Balaban J connectivity index is 2.07. The molecule has 1 fully saturated rings. The Labute approximate surface area is 100 Å². The second kappa shape index (κ2) is 5.04. The number of hydrogen-bond donors (Lipinski definition) is 2. The molecule has 1 aliphatic rings. The SMILES string of the molecule is NC(CO)c1ccc(Cl)c(OCC2CC2)c1. The molecule has 1 unspecified atom stereocenters. The molecule has 2 rings (SSSR count). The summed E-state index contributed by atoms with van der Waals surface area (Å²) in [6, 6.07) is 5.01. The molecule has 1 aromatic carbocycles. The van der Waals surface area contributed by atoms with Crippen LogP contribution < -0.4 is 10.5 Å². The van der Waals surface area contributed by atoms with Gasteiger partial charge in [0.15, 0.2) is 0 Å². The first-order valence-electron chi connectivity index (χ1n) is 5.49. The van der Waals surface area contributed by atoms with Crippen LogP contribution in [-0.4, -0.2) is 18.3 Å². The molecule has 0 saturated heterocycles. The summed E-state index contributed by atoms with van der Waals surface area (Å²) < 4.78 is 5.63. The van der Waals surface area contributed by atoms with Crippen molar-refractivity contribution in [3.05, 3.63) is 28.8 Å². The maximum Gasteiger partial charge on any atom is 0.138 e. The van der Waals surface area contributed by atoms with Crippen molar-refractivity contribution in [2.75, 3.05) is 13.2 Å². The van der Waals surface area contributed by atoms with Gasteiger partial charge in [0.2, 0.25) is 0 Å². The first-order chi connectivity index (χ1) is 7.70. The quantitative estimate of drug-likeness (QED) is 0.830. The Kier molecular flexibility index (Phi) is 3.69. The number of rotatable bonds is 5. The fourth-order valence-corrected chi connectivity index (χ4v) is 1.63. The summed E-state index contributed by atoms with van der Waals surface area (Å²) in [7, 11) is 0. The highest BCUT2D eigenvalue weighted by Crippen LogP contribution is 2.32. The standard InChI is InChI=1S/C12H16ClNO2/c13-10-4-3-9(11(14)6-15)5-12(10)16-7-8-1-2-8/h3-5,8,11,15H,1-2,6-7,14H2. The van der Waals surface area contributed by atoms with Crippen molar-refractivity contribution >= 4 is 11.6 Å². The van der Waals surface area contributed by atoms with E-state index >= 15 is 0 Å². The van der Waals surface area contributed by atoms with Gasteiger partial charge in [0.05, 0.1) is 24.3 Å². The van der Waals surface area contributed by atoms with Crippen LogP contribution in [0.3, 0.4) is 0 Å². The number of ether oxygens (including phenoxy) is 1. The highest BCUT2D eigenvalue weighted by Gasteiger charge is 2.22. The van der Waals surface area contributed by atoms with Crippen LogP contribution >= 0.6 is 11.6 Å². The van der Waals surface area contributed by atoms with Crippen molar-refractivity contribution < 1.29 is 9.84 Å². The molecule has 4 heteroatoms. The third kappa shape index (κ3) is 2.88. The molecule has 0 amide bonds. The van der Waals surface area contributed by atoms with Crippen molar-refractivity contribution in [1.82, 2.24) is 0 Å². The molecule has 88 valence electrons. The first kappa shape index (κ1) is 11.7. The van der Waals surface area contributed by atoms with Crippen LogP contribution in [0.15, 0.2) is 18.2 Å². The topological polar surface area (TPSA) is 55.5 Å². The van der Waals surface area contributed by atoms with E-state index in [4.69, 9.17) is 27.2 Å². The van der Waals surface area contributed by atoms with Crippen LogP contribution in [0.1, 0.15) is 24.4 Å². The molecule has 16 heavy (non-hydrogen) atoms. The summed E-state index contributed by atoms with van der Waals surface area (Å²) in [5.41, 5.74) is 6.58. The molecular weight excluding hydrogens is 226 g/mol. The van der Waals surface area contributed by atoms with Crippen molar-refractivity contribution in [1.29, 1.82) is 0 Å². The van der Waals surface area contributed by atoms with E-state index in [0.29, 0.717) is 16.7 Å². The summed E-state index contributed by atoms with van der Waals surface area (Å²) in [5, 5.41) is 9.57. The van der Waals surface area contributed by atoms with Crippen LogP contribution in [-0.2, 0) is 0 Å². The van der Waals surface area contributed by atoms with Gasteiger partial charge in [-0.2, -0.15) is 0 Å². The minimum atomic E-state index is -0.374. The molecule has 1 aliphatic carbocycles. The average Bonchev–Trinajstić information content (AvgIpc) is 3.11. The summed E-state index contributed by atoms with van der Waals surface area (Å²) in [6.45, 7) is 0.640. The van der Waals surface area contributed by atoms with Crippen LogP contribution in [0.5, 0.6) is 5.75 Å². The zero-order chi connectivity index (χ0) is 11.5. The molecule has 1 saturated carbocycles. The zero-order valence-corrected chi connectivity index (χ0v) is 9.78. The van der Waals surface area contributed by atoms with E-state index in [0.717, 1.165) is 12.2 Å². The lowest BCUT2D eigenvalue weighted by atomic mass is 10.1. The number of halogens is 1. The van der Waals surface area contributed by atoms with Crippen LogP contribution in [0.25, 0.3) is 0 Å². The molecule has 1 aromatic rings. The van der Waals surface area contributed by atoms with Crippen molar-refractivity contribution in [2.24, 2.45) is 11.7 Å². The van der Waals surface area contributed by atoms with Gasteiger partial charge in [0, 0.05) is 0 Å². The van der Waals surface area contributed by atoms with Gasteiger partial charge < -0.3 is 15.6 Å². The fourth-order valence-electron chi connectivity index (χ4n) is 1.46. The summed E-state index contributed by atoms with van der Waals surface area (Å²) in [6.07, 6.45) is 2.49. The molecule has 3 nitrogen and oxygen atoms in total. The van der Waals surface area contributed by atoms with Crippen molar-refractivity contribution in [3.8, 4) is 5.75 Å². The predicted molar refractivity (Wildman–Crippen MR) is 63.7 cm³/mol. The van der Waals surface area contributed by atoms with Crippen molar-refractivity contribution in [2.45, 2.75) is 18.9 Å². The Morgan fingerprint density at radius 1 is 1.50 bits per heavy atom. The summed E-state index contributed by atoms with van der Waals surface area (Å²) in [5.74, 6) is 1.35.